The molecule has 0 spiro atoms. The van der Waals surface area contributed by atoms with Crippen molar-refractivity contribution in [2.75, 3.05) is 23.9 Å². The molecule has 2 rings (SSSR count). The highest BCUT2D eigenvalue weighted by Crippen LogP contribution is 2.29. The maximum atomic E-state index is 12.6. The van der Waals surface area contributed by atoms with Gasteiger partial charge in [0.15, 0.2) is 11.5 Å². The summed E-state index contributed by atoms with van der Waals surface area (Å²) in [5, 5.41) is 6.25. The van der Waals surface area contributed by atoms with Crippen LogP contribution in [0.2, 0.25) is 0 Å². The third-order valence-electron chi connectivity index (χ3n) is 2.66. The molecule has 0 radical (unpaired) electrons. The Labute approximate surface area is 118 Å². The fraction of sp³-hybridized carbons (Fsp3) is 0.455. The average molecular weight is 322 g/mol. The molecule has 1 N–H and O–H groups in total. The van der Waals surface area contributed by atoms with Crippen molar-refractivity contribution < 1.29 is 21.6 Å². The number of hydrogen-bond acceptors (Lipinski definition) is 5. The van der Waals surface area contributed by atoms with E-state index in [9.17, 15) is 21.6 Å². The smallest absolute Gasteiger partial charge is 0.368 e. The van der Waals surface area contributed by atoms with Crippen LogP contribution in [0.1, 0.15) is 12.1 Å². The zero-order valence-electron chi connectivity index (χ0n) is 11.1. The molecule has 116 valence electrons. The molecule has 21 heavy (non-hydrogen) atoms. The molecule has 2 aromatic heterocycles. The summed E-state index contributed by atoms with van der Waals surface area (Å²) in [5.74, 6) is 0.227. The molecule has 0 unspecified atom stereocenters. The van der Waals surface area contributed by atoms with Gasteiger partial charge in [-0.2, -0.15) is 18.3 Å². The second kappa shape index (κ2) is 5.51. The van der Waals surface area contributed by atoms with Crippen LogP contribution in [-0.2, 0) is 16.0 Å². The number of anilines is 1. The molecule has 2 aromatic rings. The predicted molar refractivity (Wildman–Crippen MR) is 70.8 cm³/mol. The van der Waals surface area contributed by atoms with E-state index in [1.54, 1.807) is 0 Å². The van der Waals surface area contributed by atoms with Gasteiger partial charge in [-0.05, 0) is 6.42 Å². The minimum Gasteiger partial charge on any atom is -0.368 e. The van der Waals surface area contributed by atoms with Gasteiger partial charge in [-0.15, -0.1) is 0 Å². The molecule has 0 bridgehead atoms. The van der Waals surface area contributed by atoms with Crippen molar-refractivity contribution in [3.8, 4) is 0 Å². The molecular weight excluding hydrogens is 309 g/mol. The van der Waals surface area contributed by atoms with Crippen molar-refractivity contribution in [3.63, 3.8) is 0 Å². The molecule has 0 amide bonds. The van der Waals surface area contributed by atoms with E-state index < -0.39 is 21.7 Å². The highest BCUT2D eigenvalue weighted by atomic mass is 32.2. The van der Waals surface area contributed by atoms with Crippen molar-refractivity contribution >= 4 is 21.2 Å². The fourth-order valence-electron chi connectivity index (χ4n) is 1.74. The summed E-state index contributed by atoms with van der Waals surface area (Å²) in [6.07, 6.45) is -0.439. The van der Waals surface area contributed by atoms with E-state index in [0.717, 1.165) is 16.8 Å². The molecule has 10 heteroatoms. The molecular formula is C11H13F3N4O2S. The molecule has 0 aliphatic carbocycles. The molecule has 2 heterocycles. The van der Waals surface area contributed by atoms with Crippen LogP contribution in [0.25, 0.3) is 5.52 Å². The number of hydrogen-bond donors (Lipinski definition) is 1. The van der Waals surface area contributed by atoms with Gasteiger partial charge in [0, 0.05) is 31.3 Å². The van der Waals surface area contributed by atoms with Gasteiger partial charge in [0.2, 0.25) is 0 Å². The van der Waals surface area contributed by atoms with Crippen LogP contribution in [0.5, 0.6) is 0 Å². The average Bonchev–Trinajstić information content (AvgIpc) is 2.77. The van der Waals surface area contributed by atoms with Crippen molar-refractivity contribution in [2.24, 2.45) is 0 Å². The molecule has 0 aromatic carbocycles. The fourth-order valence-corrected chi connectivity index (χ4v) is 2.41. The summed E-state index contributed by atoms with van der Waals surface area (Å²) in [7, 11) is -3.06. The number of rotatable bonds is 5. The van der Waals surface area contributed by atoms with Crippen LogP contribution in [0.15, 0.2) is 18.5 Å². The van der Waals surface area contributed by atoms with Gasteiger partial charge in [-0.25, -0.2) is 17.9 Å². The zero-order chi connectivity index (χ0) is 15.7. The first-order chi connectivity index (χ1) is 9.67. The lowest BCUT2D eigenvalue weighted by molar-refractivity contribution is -0.141. The van der Waals surface area contributed by atoms with E-state index in [-0.39, 0.29) is 23.6 Å². The maximum absolute atomic E-state index is 12.6. The number of nitrogens with zero attached hydrogens (tertiary/aromatic N) is 3. The number of halogens is 3. The van der Waals surface area contributed by atoms with Gasteiger partial charge in [-0.1, -0.05) is 0 Å². The number of fused-ring (bicyclic) bond motifs is 1. The van der Waals surface area contributed by atoms with Gasteiger partial charge in [-0.3, -0.25) is 0 Å². The van der Waals surface area contributed by atoms with Gasteiger partial charge in [0.25, 0.3) is 0 Å². The lowest BCUT2D eigenvalue weighted by Gasteiger charge is -2.06. The second-order valence-corrected chi connectivity index (χ2v) is 6.80. The van der Waals surface area contributed by atoms with E-state index in [4.69, 9.17) is 0 Å². The van der Waals surface area contributed by atoms with Crippen LogP contribution >= 0.6 is 0 Å². The van der Waals surface area contributed by atoms with Gasteiger partial charge >= 0.3 is 6.18 Å². The Morgan fingerprint density at radius 3 is 2.71 bits per heavy atom. The molecule has 0 fully saturated rings. The van der Waals surface area contributed by atoms with E-state index in [1.807, 2.05) is 0 Å². The topological polar surface area (TPSA) is 76.4 Å². The van der Waals surface area contributed by atoms with Crippen LogP contribution in [0, 0.1) is 0 Å². The van der Waals surface area contributed by atoms with Crippen molar-refractivity contribution in [1.82, 2.24) is 14.6 Å². The molecule has 6 nitrogen and oxygen atoms in total. The third kappa shape index (κ3) is 4.06. The largest absolute Gasteiger partial charge is 0.435 e. The van der Waals surface area contributed by atoms with Gasteiger partial charge < -0.3 is 5.32 Å². The Kier molecular flexibility index (Phi) is 4.08. The summed E-state index contributed by atoms with van der Waals surface area (Å²) in [4.78, 5) is 3.95. The molecule has 0 saturated carbocycles. The Morgan fingerprint density at radius 1 is 1.38 bits per heavy atom. The van der Waals surface area contributed by atoms with Crippen LogP contribution < -0.4 is 5.32 Å². The molecule has 0 atom stereocenters. The zero-order valence-corrected chi connectivity index (χ0v) is 11.9. The van der Waals surface area contributed by atoms with Crippen LogP contribution in [0.4, 0.5) is 19.0 Å². The van der Waals surface area contributed by atoms with E-state index in [1.165, 1.54) is 12.4 Å². The predicted octanol–water partition coefficient (Wildman–Crippen LogP) is 1.59. The minimum atomic E-state index is -4.53. The van der Waals surface area contributed by atoms with Crippen molar-refractivity contribution in [3.05, 3.63) is 24.2 Å². The lowest BCUT2D eigenvalue weighted by Crippen LogP contribution is -2.11. The Morgan fingerprint density at radius 2 is 2.10 bits per heavy atom. The first kappa shape index (κ1) is 15.5. The number of alkyl halides is 3. The van der Waals surface area contributed by atoms with Crippen molar-refractivity contribution in [1.29, 1.82) is 0 Å². The second-order valence-electron chi connectivity index (χ2n) is 4.54. The van der Waals surface area contributed by atoms with Crippen LogP contribution in [-0.4, -0.2) is 41.6 Å². The van der Waals surface area contributed by atoms with E-state index in [2.05, 4.69) is 15.4 Å². The van der Waals surface area contributed by atoms with E-state index >= 15 is 0 Å². The number of nitrogens with one attached hydrogen (secondary N) is 1. The minimum absolute atomic E-state index is 0.00379. The summed E-state index contributed by atoms with van der Waals surface area (Å²) in [6, 6.07) is 0.895. The Balaban J connectivity index is 2.15. The number of aromatic nitrogens is 3. The van der Waals surface area contributed by atoms with Gasteiger partial charge in [0.05, 0.1) is 5.75 Å². The summed E-state index contributed by atoms with van der Waals surface area (Å²) in [6.45, 7) is 0.284. The summed E-state index contributed by atoms with van der Waals surface area (Å²) in [5.41, 5.74) is -0.820. The maximum Gasteiger partial charge on any atom is 0.435 e. The lowest BCUT2D eigenvalue weighted by atomic mass is 10.3. The Bertz CT molecular complexity index is 739. The third-order valence-corrected chi connectivity index (χ3v) is 3.69. The van der Waals surface area contributed by atoms with Gasteiger partial charge in [0.1, 0.15) is 15.4 Å². The molecule has 0 aliphatic heterocycles. The monoisotopic (exact) mass is 322 g/mol. The first-order valence-electron chi connectivity index (χ1n) is 6.00. The quantitative estimate of drug-likeness (QED) is 0.846. The normalized spacial score (nSPS) is 12.8. The van der Waals surface area contributed by atoms with Crippen molar-refractivity contribution in [2.45, 2.75) is 12.6 Å². The summed E-state index contributed by atoms with van der Waals surface area (Å²) >= 11 is 0. The first-order valence-corrected chi connectivity index (χ1v) is 8.06. The molecule has 0 saturated heterocycles. The van der Waals surface area contributed by atoms with E-state index in [0.29, 0.717) is 6.42 Å². The highest BCUT2D eigenvalue weighted by molar-refractivity contribution is 7.90. The Hall–Kier alpha value is -1.84. The standard InChI is InChI=1S/C11H13F3N4O2S/c1-21(19,20)6-2-3-15-10-8-7-9(11(12,13)14)17-18(8)5-4-16-10/h4-5,7H,2-3,6H2,1H3,(H,15,16). The molecule has 0 aliphatic rings. The number of sulfone groups is 1. The highest BCUT2D eigenvalue weighted by Gasteiger charge is 2.34. The van der Waals surface area contributed by atoms with Crippen LogP contribution in [0.3, 0.4) is 0 Å². The summed E-state index contributed by atoms with van der Waals surface area (Å²) < 4.78 is 60.9. The SMILES string of the molecule is CS(=O)(=O)CCCNc1nccn2nc(C(F)(F)F)cc12.